The first-order valence-electron chi connectivity index (χ1n) is 6.85. The van der Waals surface area contributed by atoms with Crippen LogP contribution in [-0.4, -0.2) is 59.6 Å². The second-order valence-corrected chi connectivity index (χ2v) is 6.14. The lowest BCUT2D eigenvalue weighted by molar-refractivity contribution is -0.133. The Bertz CT molecular complexity index is 384. The number of hydrogen-bond donors (Lipinski definition) is 1. The highest BCUT2D eigenvalue weighted by molar-refractivity contribution is 7.09. The van der Waals surface area contributed by atoms with E-state index < -0.39 is 0 Å². The predicted molar refractivity (Wildman–Crippen MR) is 77.3 cm³/mol. The molecule has 1 aromatic rings. The van der Waals surface area contributed by atoms with Crippen molar-refractivity contribution in [2.24, 2.45) is 0 Å². The summed E-state index contributed by atoms with van der Waals surface area (Å²) in [7, 11) is 0. The Morgan fingerprint density at radius 1 is 1.42 bits per heavy atom. The molecule has 0 saturated carbocycles. The van der Waals surface area contributed by atoms with Crippen LogP contribution in [-0.2, 0) is 11.2 Å². The van der Waals surface area contributed by atoms with Gasteiger partial charge in [-0.25, -0.2) is 0 Å². The predicted octanol–water partition coefficient (Wildman–Crippen LogP) is 1.21. The molecule has 2 heterocycles. The van der Waals surface area contributed by atoms with Crippen LogP contribution in [0, 0.1) is 0 Å². The Morgan fingerprint density at radius 2 is 2.16 bits per heavy atom. The van der Waals surface area contributed by atoms with E-state index in [1.54, 1.807) is 18.3 Å². The third-order valence-corrected chi connectivity index (χ3v) is 4.35. The van der Waals surface area contributed by atoms with Gasteiger partial charge in [0, 0.05) is 44.0 Å². The molecular weight excluding hydrogens is 260 g/mol. The number of carbonyl (C=O) groups is 1. The second kappa shape index (κ2) is 7.03. The highest BCUT2D eigenvalue weighted by Crippen LogP contribution is 2.12. The standard InChI is InChI=1S/C14H22N2O2S/c1-12(17)11-15-6-8-16(9-7-15)14(18)5-4-13-3-2-10-19-13/h2-3,10,12,17H,4-9,11H2,1H3/t12-/m1/s1. The SMILES string of the molecule is C[C@@H](O)CN1CCN(C(=O)CCc2cccs2)CC1. The van der Waals surface area contributed by atoms with Crippen LogP contribution >= 0.6 is 11.3 Å². The molecule has 0 unspecified atom stereocenters. The van der Waals surface area contributed by atoms with E-state index in [1.165, 1.54) is 4.88 Å². The highest BCUT2D eigenvalue weighted by Gasteiger charge is 2.21. The van der Waals surface area contributed by atoms with Crippen molar-refractivity contribution < 1.29 is 9.90 Å². The molecule has 1 N–H and O–H groups in total. The van der Waals surface area contributed by atoms with E-state index in [-0.39, 0.29) is 12.0 Å². The van der Waals surface area contributed by atoms with Crippen molar-refractivity contribution in [2.45, 2.75) is 25.9 Å². The molecule has 0 aromatic carbocycles. The highest BCUT2D eigenvalue weighted by atomic mass is 32.1. The smallest absolute Gasteiger partial charge is 0.223 e. The number of aryl methyl sites for hydroxylation is 1. The number of β-amino-alcohol motifs (C(OH)–C–C–N with tert-alkyl or cyclic N) is 1. The summed E-state index contributed by atoms with van der Waals surface area (Å²) >= 11 is 1.71. The molecule has 1 amide bonds. The van der Waals surface area contributed by atoms with E-state index in [4.69, 9.17) is 0 Å². The van der Waals surface area contributed by atoms with Crippen LogP contribution in [0.15, 0.2) is 17.5 Å². The zero-order valence-corrected chi connectivity index (χ0v) is 12.2. The maximum absolute atomic E-state index is 12.1. The summed E-state index contributed by atoms with van der Waals surface area (Å²) in [6.45, 7) is 5.83. The lowest BCUT2D eigenvalue weighted by Crippen LogP contribution is -2.50. The molecule has 2 rings (SSSR count). The first-order valence-corrected chi connectivity index (χ1v) is 7.73. The first-order chi connectivity index (χ1) is 9.15. The van der Waals surface area contributed by atoms with Crippen molar-refractivity contribution in [3.05, 3.63) is 22.4 Å². The van der Waals surface area contributed by atoms with E-state index in [0.29, 0.717) is 13.0 Å². The minimum absolute atomic E-state index is 0.255. The fourth-order valence-corrected chi connectivity index (χ4v) is 3.11. The Balaban J connectivity index is 1.70. The van der Waals surface area contributed by atoms with Gasteiger partial charge >= 0.3 is 0 Å². The van der Waals surface area contributed by atoms with Crippen LogP contribution in [0.25, 0.3) is 0 Å². The fraction of sp³-hybridized carbons (Fsp3) is 0.643. The zero-order chi connectivity index (χ0) is 13.7. The number of piperazine rings is 1. The molecular formula is C14H22N2O2S. The third kappa shape index (κ3) is 4.60. The molecule has 1 fully saturated rings. The number of aliphatic hydroxyl groups excluding tert-OH is 1. The molecule has 4 nitrogen and oxygen atoms in total. The lowest BCUT2D eigenvalue weighted by atomic mass is 10.2. The first kappa shape index (κ1) is 14.5. The molecule has 1 aromatic heterocycles. The molecule has 1 aliphatic heterocycles. The molecule has 0 aliphatic carbocycles. The van der Waals surface area contributed by atoms with Gasteiger partial charge in [-0.15, -0.1) is 11.3 Å². The number of hydrogen-bond acceptors (Lipinski definition) is 4. The van der Waals surface area contributed by atoms with Gasteiger partial charge in [0.1, 0.15) is 0 Å². The number of aliphatic hydroxyl groups is 1. The Labute approximate surface area is 118 Å². The van der Waals surface area contributed by atoms with E-state index in [2.05, 4.69) is 16.3 Å². The third-order valence-electron chi connectivity index (χ3n) is 3.41. The number of carbonyl (C=O) groups excluding carboxylic acids is 1. The molecule has 0 bridgehead atoms. The molecule has 1 aliphatic rings. The van der Waals surface area contributed by atoms with Gasteiger partial charge in [-0.1, -0.05) is 6.07 Å². The zero-order valence-electron chi connectivity index (χ0n) is 11.4. The van der Waals surface area contributed by atoms with Crippen LogP contribution < -0.4 is 0 Å². The molecule has 1 saturated heterocycles. The average Bonchev–Trinajstić information content (AvgIpc) is 2.89. The van der Waals surface area contributed by atoms with Gasteiger partial charge in [0.25, 0.3) is 0 Å². The molecule has 0 radical (unpaired) electrons. The number of nitrogens with zero attached hydrogens (tertiary/aromatic N) is 2. The van der Waals surface area contributed by atoms with Crippen LogP contribution in [0.4, 0.5) is 0 Å². The van der Waals surface area contributed by atoms with Crippen molar-refractivity contribution in [1.29, 1.82) is 0 Å². The van der Waals surface area contributed by atoms with Crippen molar-refractivity contribution >= 4 is 17.2 Å². The van der Waals surface area contributed by atoms with Crippen molar-refractivity contribution in [1.82, 2.24) is 9.80 Å². The largest absolute Gasteiger partial charge is 0.392 e. The molecule has 106 valence electrons. The van der Waals surface area contributed by atoms with E-state index in [0.717, 1.165) is 32.6 Å². The van der Waals surface area contributed by atoms with Gasteiger partial charge in [-0.3, -0.25) is 9.69 Å². The van der Waals surface area contributed by atoms with E-state index >= 15 is 0 Å². The molecule has 19 heavy (non-hydrogen) atoms. The summed E-state index contributed by atoms with van der Waals surface area (Å²) in [6.07, 6.45) is 1.17. The monoisotopic (exact) mass is 282 g/mol. The fourth-order valence-electron chi connectivity index (χ4n) is 2.40. The summed E-state index contributed by atoms with van der Waals surface area (Å²) in [4.78, 5) is 17.5. The summed E-state index contributed by atoms with van der Waals surface area (Å²) in [5.74, 6) is 0.255. The summed E-state index contributed by atoms with van der Waals surface area (Å²) in [5.41, 5.74) is 0. The van der Waals surface area contributed by atoms with Crippen LogP contribution in [0.5, 0.6) is 0 Å². The minimum Gasteiger partial charge on any atom is -0.392 e. The van der Waals surface area contributed by atoms with Crippen molar-refractivity contribution in [2.75, 3.05) is 32.7 Å². The number of thiophene rings is 1. The van der Waals surface area contributed by atoms with Crippen LogP contribution in [0.1, 0.15) is 18.2 Å². The second-order valence-electron chi connectivity index (χ2n) is 5.11. The lowest BCUT2D eigenvalue weighted by Gasteiger charge is -2.35. The van der Waals surface area contributed by atoms with Gasteiger partial charge in [0.15, 0.2) is 0 Å². The molecule has 0 spiro atoms. The normalized spacial score (nSPS) is 18.5. The van der Waals surface area contributed by atoms with E-state index in [9.17, 15) is 9.90 Å². The van der Waals surface area contributed by atoms with Gasteiger partial charge in [-0.05, 0) is 24.8 Å². The maximum Gasteiger partial charge on any atom is 0.223 e. The van der Waals surface area contributed by atoms with Crippen LogP contribution in [0.3, 0.4) is 0 Å². The molecule has 1 atom stereocenters. The maximum atomic E-state index is 12.1. The minimum atomic E-state index is -0.291. The quantitative estimate of drug-likeness (QED) is 0.883. The number of amides is 1. The van der Waals surface area contributed by atoms with Crippen molar-refractivity contribution in [3.63, 3.8) is 0 Å². The Morgan fingerprint density at radius 3 is 2.74 bits per heavy atom. The van der Waals surface area contributed by atoms with Gasteiger partial charge in [-0.2, -0.15) is 0 Å². The average molecular weight is 282 g/mol. The Kier molecular flexibility index (Phi) is 5.36. The van der Waals surface area contributed by atoms with Gasteiger partial charge in [0.05, 0.1) is 6.10 Å². The van der Waals surface area contributed by atoms with E-state index in [1.807, 2.05) is 11.0 Å². The van der Waals surface area contributed by atoms with Crippen molar-refractivity contribution in [3.8, 4) is 0 Å². The summed E-state index contributed by atoms with van der Waals surface area (Å²) < 4.78 is 0. The topological polar surface area (TPSA) is 43.8 Å². The summed E-state index contributed by atoms with van der Waals surface area (Å²) in [6, 6.07) is 4.11. The summed E-state index contributed by atoms with van der Waals surface area (Å²) in [5, 5.41) is 11.4. The van der Waals surface area contributed by atoms with Gasteiger partial charge < -0.3 is 10.0 Å². The number of rotatable bonds is 5. The molecule has 5 heteroatoms. The van der Waals surface area contributed by atoms with Crippen LogP contribution in [0.2, 0.25) is 0 Å². The van der Waals surface area contributed by atoms with Gasteiger partial charge in [0.2, 0.25) is 5.91 Å². The Hall–Kier alpha value is -0.910.